The smallest absolute Gasteiger partial charge is 0.422 e. The van der Waals surface area contributed by atoms with Crippen molar-refractivity contribution in [3.8, 4) is 5.88 Å². The Kier molecular flexibility index (Phi) is 5.43. The lowest BCUT2D eigenvalue weighted by Gasteiger charge is -2.13. The van der Waals surface area contributed by atoms with E-state index in [9.17, 15) is 18.0 Å². The zero-order valence-corrected chi connectivity index (χ0v) is 13.3. The normalized spacial score (nSPS) is 11.2. The molecule has 2 aromatic rings. The maximum absolute atomic E-state index is 12.3. The van der Waals surface area contributed by atoms with Gasteiger partial charge in [-0.3, -0.25) is 4.79 Å². The van der Waals surface area contributed by atoms with Gasteiger partial charge in [-0.15, -0.1) is 0 Å². The Hall–Kier alpha value is -2.57. The summed E-state index contributed by atoms with van der Waals surface area (Å²) in [4.78, 5) is 16.0. The number of hydrogen-bond donors (Lipinski definition) is 1. The van der Waals surface area contributed by atoms with E-state index in [1.54, 1.807) is 0 Å². The summed E-state index contributed by atoms with van der Waals surface area (Å²) < 4.78 is 40.8. The minimum Gasteiger partial charge on any atom is -0.468 e. The van der Waals surface area contributed by atoms with E-state index in [0.717, 1.165) is 23.2 Å². The van der Waals surface area contributed by atoms with E-state index in [4.69, 9.17) is 0 Å². The van der Waals surface area contributed by atoms with E-state index in [2.05, 4.69) is 15.0 Å². The summed E-state index contributed by atoms with van der Waals surface area (Å²) in [5.41, 5.74) is 2.91. The maximum atomic E-state index is 12.3. The fourth-order valence-electron chi connectivity index (χ4n) is 2.14. The van der Waals surface area contributed by atoms with Crippen LogP contribution in [-0.4, -0.2) is 23.7 Å². The van der Waals surface area contributed by atoms with Crippen molar-refractivity contribution in [2.45, 2.75) is 26.4 Å². The molecule has 0 aliphatic rings. The summed E-state index contributed by atoms with van der Waals surface area (Å²) in [5, 5.41) is 2.82. The van der Waals surface area contributed by atoms with E-state index in [1.807, 2.05) is 32.0 Å². The molecule has 1 N–H and O–H groups in total. The number of nitrogens with zero attached hydrogens (tertiary/aromatic N) is 1. The first-order chi connectivity index (χ1) is 11.3. The average molecular weight is 338 g/mol. The van der Waals surface area contributed by atoms with Crippen LogP contribution in [0.15, 0.2) is 36.5 Å². The molecule has 2 rings (SSSR count). The number of aryl methyl sites for hydroxylation is 2. The third-order valence-electron chi connectivity index (χ3n) is 3.36. The molecule has 1 aromatic heterocycles. The zero-order chi connectivity index (χ0) is 17.7. The molecular weight excluding hydrogens is 321 g/mol. The highest BCUT2D eigenvalue weighted by molar-refractivity contribution is 6.04. The highest BCUT2D eigenvalue weighted by Crippen LogP contribution is 2.22. The topological polar surface area (TPSA) is 51.2 Å². The largest absolute Gasteiger partial charge is 0.468 e. The molecule has 0 atom stereocenters. The van der Waals surface area contributed by atoms with Crippen molar-refractivity contribution in [3.63, 3.8) is 0 Å². The van der Waals surface area contributed by atoms with Crippen LogP contribution in [-0.2, 0) is 6.42 Å². The molecule has 128 valence electrons. The van der Waals surface area contributed by atoms with Gasteiger partial charge in [0, 0.05) is 18.0 Å². The molecule has 0 bridgehead atoms. The second-order valence-electron chi connectivity index (χ2n) is 5.21. The van der Waals surface area contributed by atoms with Gasteiger partial charge in [-0.25, -0.2) is 4.98 Å². The van der Waals surface area contributed by atoms with Crippen molar-refractivity contribution >= 4 is 11.6 Å². The Bertz CT molecular complexity index is 713. The van der Waals surface area contributed by atoms with Crippen molar-refractivity contribution in [1.82, 2.24) is 4.98 Å². The monoisotopic (exact) mass is 338 g/mol. The number of hydrogen-bond acceptors (Lipinski definition) is 3. The molecule has 0 aliphatic carbocycles. The molecule has 0 radical (unpaired) electrons. The minimum absolute atomic E-state index is 0.186. The Morgan fingerprint density at radius 3 is 2.58 bits per heavy atom. The Morgan fingerprint density at radius 2 is 2.00 bits per heavy atom. The fraction of sp³-hybridized carbons (Fsp3) is 0.294. The van der Waals surface area contributed by atoms with Gasteiger partial charge in [-0.1, -0.05) is 25.1 Å². The first-order valence-electron chi connectivity index (χ1n) is 7.35. The Morgan fingerprint density at radius 1 is 1.25 bits per heavy atom. The van der Waals surface area contributed by atoms with Crippen molar-refractivity contribution < 1.29 is 22.7 Å². The molecule has 0 fully saturated rings. The van der Waals surface area contributed by atoms with E-state index >= 15 is 0 Å². The number of benzene rings is 1. The van der Waals surface area contributed by atoms with Crippen LogP contribution in [0.1, 0.15) is 28.4 Å². The number of anilines is 1. The number of alkyl halides is 3. The number of amides is 1. The lowest BCUT2D eigenvalue weighted by atomic mass is 10.1. The van der Waals surface area contributed by atoms with Gasteiger partial charge in [0.15, 0.2) is 6.61 Å². The van der Waals surface area contributed by atoms with Crippen LogP contribution in [0.5, 0.6) is 5.88 Å². The second kappa shape index (κ2) is 7.33. The lowest BCUT2D eigenvalue weighted by molar-refractivity contribution is -0.154. The van der Waals surface area contributed by atoms with Gasteiger partial charge in [-0.05, 0) is 30.5 Å². The molecule has 1 amide bonds. The van der Waals surface area contributed by atoms with E-state index in [1.165, 1.54) is 18.3 Å². The summed E-state index contributed by atoms with van der Waals surface area (Å²) >= 11 is 0. The number of aromatic nitrogens is 1. The number of nitrogens with one attached hydrogen (secondary N) is 1. The van der Waals surface area contributed by atoms with Crippen LogP contribution in [0.2, 0.25) is 0 Å². The van der Waals surface area contributed by atoms with Crippen LogP contribution in [0, 0.1) is 6.92 Å². The number of halogens is 3. The molecule has 0 unspecified atom stereocenters. The van der Waals surface area contributed by atoms with Gasteiger partial charge in [0.2, 0.25) is 5.88 Å². The SMILES string of the molecule is CCc1cccc(C)c1NC(=O)c1ccc(OCC(F)(F)F)nc1. The quantitative estimate of drug-likeness (QED) is 0.891. The molecule has 4 nitrogen and oxygen atoms in total. The van der Waals surface area contributed by atoms with E-state index in [-0.39, 0.29) is 17.4 Å². The van der Waals surface area contributed by atoms with Crippen LogP contribution in [0.3, 0.4) is 0 Å². The molecule has 1 heterocycles. The van der Waals surface area contributed by atoms with Crippen LogP contribution < -0.4 is 10.1 Å². The van der Waals surface area contributed by atoms with Gasteiger partial charge in [-0.2, -0.15) is 13.2 Å². The third-order valence-corrected chi connectivity index (χ3v) is 3.36. The number of rotatable bonds is 5. The summed E-state index contributed by atoms with van der Waals surface area (Å²) in [6.07, 6.45) is -2.48. The van der Waals surface area contributed by atoms with Crippen LogP contribution in [0.4, 0.5) is 18.9 Å². The molecular formula is C17H17F3N2O2. The molecule has 1 aromatic carbocycles. The molecule has 7 heteroatoms. The molecule has 24 heavy (non-hydrogen) atoms. The van der Waals surface area contributed by atoms with E-state index in [0.29, 0.717) is 0 Å². The van der Waals surface area contributed by atoms with Gasteiger partial charge in [0.05, 0.1) is 5.56 Å². The van der Waals surface area contributed by atoms with Crippen molar-refractivity contribution in [3.05, 3.63) is 53.2 Å². The first-order valence-corrected chi connectivity index (χ1v) is 7.35. The number of pyridine rings is 1. The predicted molar refractivity (Wildman–Crippen MR) is 84.3 cm³/mol. The number of para-hydroxylation sites is 1. The molecule has 0 saturated heterocycles. The number of ether oxygens (including phenoxy) is 1. The Balaban J connectivity index is 2.08. The zero-order valence-electron chi connectivity index (χ0n) is 13.3. The lowest BCUT2D eigenvalue weighted by Crippen LogP contribution is -2.20. The number of carbonyl (C=O) groups is 1. The molecule has 0 aliphatic heterocycles. The predicted octanol–water partition coefficient (Wildman–Crippen LogP) is 4.15. The van der Waals surface area contributed by atoms with Gasteiger partial charge < -0.3 is 10.1 Å². The summed E-state index contributed by atoms with van der Waals surface area (Å²) in [6, 6.07) is 8.34. The maximum Gasteiger partial charge on any atom is 0.422 e. The first kappa shape index (κ1) is 17.8. The van der Waals surface area contributed by atoms with Gasteiger partial charge in [0.25, 0.3) is 5.91 Å². The minimum atomic E-state index is -4.43. The van der Waals surface area contributed by atoms with Crippen molar-refractivity contribution in [2.75, 3.05) is 11.9 Å². The molecule has 0 spiro atoms. The van der Waals surface area contributed by atoms with E-state index < -0.39 is 12.8 Å². The number of carbonyl (C=O) groups excluding carboxylic acids is 1. The molecule has 0 saturated carbocycles. The van der Waals surface area contributed by atoms with Crippen LogP contribution >= 0.6 is 0 Å². The van der Waals surface area contributed by atoms with Crippen molar-refractivity contribution in [1.29, 1.82) is 0 Å². The highest BCUT2D eigenvalue weighted by Gasteiger charge is 2.28. The average Bonchev–Trinajstić information content (AvgIpc) is 2.54. The van der Waals surface area contributed by atoms with Gasteiger partial charge >= 0.3 is 6.18 Å². The summed E-state index contributed by atoms with van der Waals surface area (Å²) in [5.74, 6) is -0.567. The highest BCUT2D eigenvalue weighted by atomic mass is 19.4. The summed E-state index contributed by atoms with van der Waals surface area (Å²) in [6.45, 7) is 2.45. The summed E-state index contributed by atoms with van der Waals surface area (Å²) in [7, 11) is 0. The van der Waals surface area contributed by atoms with Gasteiger partial charge in [0.1, 0.15) is 0 Å². The third kappa shape index (κ3) is 4.71. The van der Waals surface area contributed by atoms with Crippen molar-refractivity contribution in [2.24, 2.45) is 0 Å². The fourth-order valence-corrected chi connectivity index (χ4v) is 2.14. The standard InChI is InChI=1S/C17H17F3N2O2/c1-3-12-6-4-5-11(2)15(12)22-16(23)13-7-8-14(21-9-13)24-10-17(18,19)20/h4-9H,3,10H2,1-2H3,(H,22,23). The van der Waals surface area contributed by atoms with Crippen LogP contribution in [0.25, 0.3) is 0 Å². The second-order valence-corrected chi connectivity index (χ2v) is 5.21. The Labute approximate surface area is 137 Å².